The molecular weight excluding hydrogens is 264 g/mol. The molecule has 0 radical (unpaired) electrons. The molecule has 1 amide bonds. The summed E-state index contributed by atoms with van der Waals surface area (Å²) in [5.74, 6) is 0.0839. The Morgan fingerprint density at radius 2 is 2.32 bits per heavy atom. The molecule has 1 saturated heterocycles. The summed E-state index contributed by atoms with van der Waals surface area (Å²) in [5, 5.41) is 11.4. The topological polar surface area (TPSA) is 59.0 Å². The Morgan fingerprint density at radius 3 is 2.95 bits per heavy atom. The highest BCUT2D eigenvalue weighted by Crippen LogP contribution is 2.21. The fraction of sp³-hybridized carbons (Fsp3) is 0.692. The molecule has 6 heteroatoms. The van der Waals surface area contributed by atoms with E-state index in [2.05, 4.69) is 15.7 Å². The quantitative estimate of drug-likeness (QED) is 0.861. The smallest absolute Gasteiger partial charge is 0.237 e. The Balaban J connectivity index is 2.06. The predicted octanol–water partition coefficient (Wildman–Crippen LogP) is 1.49. The van der Waals surface area contributed by atoms with E-state index in [0.29, 0.717) is 6.54 Å². The molecule has 2 rings (SSSR count). The van der Waals surface area contributed by atoms with Crippen LogP contribution in [0.15, 0.2) is 0 Å². The molecule has 0 aliphatic carbocycles. The van der Waals surface area contributed by atoms with Crippen LogP contribution in [-0.4, -0.2) is 28.3 Å². The van der Waals surface area contributed by atoms with Gasteiger partial charge in [0.1, 0.15) is 0 Å². The number of nitrogens with zero attached hydrogens (tertiary/aromatic N) is 2. The van der Waals surface area contributed by atoms with Crippen LogP contribution in [0.1, 0.15) is 38.1 Å². The number of carbonyl (C=O) groups is 1. The van der Waals surface area contributed by atoms with Crippen molar-refractivity contribution < 1.29 is 4.79 Å². The molecule has 0 spiro atoms. The standard InChI is InChI=1S/C13H21ClN4O/c1-3-9-12(14)11(18(4-2)17-9)8-16-10-6-5-7-15-13(10)19/h10,16H,3-8H2,1-2H3,(H,15,19). The number of amides is 1. The first-order valence-corrected chi connectivity index (χ1v) is 7.30. The monoisotopic (exact) mass is 284 g/mol. The van der Waals surface area contributed by atoms with Crippen molar-refractivity contribution in [1.82, 2.24) is 20.4 Å². The number of aryl methyl sites for hydroxylation is 2. The lowest BCUT2D eigenvalue weighted by Gasteiger charge is -2.23. The number of carbonyl (C=O) groups excluding carboxylic acids is 1. The fourth-order valence-electron chi connectivity index (χ4n) is 2.37. The fourth-order valence-corrected chi connectivity index (χ4v) is 2.71. The van der Waals surface area contributed by atoms with Crippen LogP contribution in [0.2, 0.25) is 5.02 Å². The maximum atomic E-state index is 11.7. The van der Waals surface area contributed by atoms with Gasteiger partial charge >= 0.3 is 0 Å². The minimum absolute atomic E-state index is 0.0839. The first-order valence-electron chi connectivity index (χ1n) is 6.92. The van der Waals surface area contributed by atoms with Crippen molar-refractivity contribution in [3.05, 3.63) is 16.4 Å². The highest BCUT2D eigenvalue weighted by molar-refractivity contribution is 6.31. The van der Waals surface area contributed by atoms with Crippen LogP contribution in [0.5, 0.6) is 0 Å². The Hall–Kier alpha value is -1.07. The molecule has 0 bridgehead atoms. The molecule has 1 aromatic heterocycles. The minimum atomic E-state index is -0.116. The molecular formula is C13H21ClN4O. The average molecular weight is 285 g/mol. The number of hydrogen-bond acceptors (Lipinski definition) is 3. The Labute approximate surface area is 118 Å². The van der Waals surface area contributed by atoms with Crippen molar-refractivity contribution in [3.8, 4) is 0 Å². The third-order valence-corrected chi connectivity index (χ3v) is 3.93. The van der Waals surface area contributed by atoms with Crippen LogP contribution in [0.3, 0.4) is 0 Å². The zero-order valence-corrected chi connectivity index (χ0v) is 12.3. The van der Waals surface area contributed by atoms with E-state index in [1.54, 1.807) is 0 Å². The maximum Gasteiger partial charge on any atom is 0.237 e. The summed E-state index contributed by atoms with van der Waals surface area (Å²) in [7, 11) is 0. The largest absolute Gasteiger partial charge is 0.355 e. The van der Waals surface area contributed by atoms with Gasteiger partial charge in [0.15, 0.2) is 0 Å². The second-order valence-corrected chi connectivity index (χ2v) is 5.12. The summed E-state index contributed by atoms with van der Waals surface area (Å²) in [4.78, 5) is 11.7. The van der Waals surface area contributed by atoms with E-state index in [9.17, 15) is 4.79 Å². The summed E-state index contributed by atoms with van der Waals surface area (Å²) in [5.41, 5.74) is 1.90. The third kappa shape index (κ3) is 3.09. The number of nitrogens with one attached hydrogen (secondary N) is 2. The van der Waals surface area contributed by atoms with Crippen molar-refractivity contribution in [2.75, 3.05) is 6.54 Å². The molecule has 1 aliphatic rings. The minimum Gasteiger partial charge on any atom is -0.355 e. The van der Waals surface area contributed by atoms with Gasteiger partial charge in [0, 0.05) is 19.6 Å². The molecule has 19 heavy (non-hydrogen) atoms. The van der Waals surface area contributed by atoms with Gasteiger partial charge in [0.2, 0.25) is 5.91 Å². The van der Waals surface area contributed by atoms with Crippen LogP contribution in [0.4, 0.5) is 0 Å². The zero-order valence-electron chi connectivity index (χ0n) is 11.5. The van der Waals surface area contributed by atoms with Crippen LogP contribution in [0.25, 0.3) is 0 Å². The second-order valence-electron chi connectivity index (χ2n) is 4.74. The molecule has 1 unspecified atom stereocenters. The van der Waals surface area contributed by atoms with Gasteiger partial charge in [-0.25, -0.2) is 0 Å². The third-order valence-electron chi connectivity index (χ3n) is 3.50. The molecule has 1 fully saturated rings. The molecule has 2 N–H and O–H groups in total. The van der Waals surface area contributed by atoms with E-state index >= 15 is 0 Å². The molecule has 0 aromatic carbocycles. The van der Waals surface area contributed by atoms with Crippen molar-refractivity contribution in [2.45, 2.75) is 52.2 Å². The summed E-state index contributed by atoms with van der Waals surface area (Å²) in [6, 6.07) is -0.116. The maximum absolute atomic E-state index is 11.7. The van der Waals surface area contributed by atoms with E-state index in [1.807, 2.05) is 18.5 Å². The van der Waals surface area contributed by atoms with Crippen molar-refractivity contribution >= 4 is 17.5 Å². The molecule has 2 heterocycles. The number of rotatable bonds is 5. The number of piperidine rings is 1. The van der Waals surface area contributed by atoms with Crippen LogP contribution in [-0.2, 0) is 24.3 Å². The van der Waals surface area contributed by atoms with Crippen LogP contribution < -0.4 is 10.6 Å². The van der Waals surface area contributed by atoms with Gasteiger partial charge in [-0.15, -0.1) is 0 Å². The molecule has 106 valence electrons. The Morgan fingerprint density at radius 1 is 1.53 bits per heavy atom. The van der Waals surface area contributed by atoms with Gasteiger partial charge in [0.25, 0.3) is 0 Å². The van der Waals surface area contributed by atoms with Crippen LogP contribution >= 0.6 is 11.6 Å². The zero-order chi connectivity index (χ0) is 13.8. The van der Waals surface area contributed by atoms with E-state index in [-0.39, 0.29) is 11.9 Å². The first kappa shape index (κ1) is 14.3. The molecule has 0 saturated carbocycles. The molecule has 5 nitrogen and oxygen atoms in total. The molecule has 1 aromatic rings. The normalized spacial score (nSPS) is 19.5. The number of hydrogen-bond donors (Lipinski definition) is 2. The van der Waals surface area contributed by atoms with Gasteiger partial charge in [-0.1, -0.05) is 18.5 Å². The van der Waals surface area contributed by atoms with E-state index < -0.39 is 0 Å². The van der Waals surface area contributed by atoms with Crippen molar-refractivity contribution in [1.29, 1.82) is 0 Å². The van der Waals surface area contributed by atoms with Gasteiger partial charge in [-0.05, 0) is 26.2 Å². The summed E-state index contributed by atoms with van der Waals surface area (Å²) in [6.45, 7) is 6.23. The summed E-state index contributed by atoms with van der Waals surface area (Å²) >= 11 is 6.34. The number of aromatic nitrogens is 2. The average Bonchev–Trinajstić information content (AvgIpc) is 2.74. The molecule has 1 atom stereocenters. The lowest BCUT2D eigenvalue weighted by molar-refractivity contribution is -0.124. The highest BCUT2D eigenvalue weighted by Gasteiger charge is 2.22. The Bertz CT molecular complexity index is 458. The predicted molar refractivity (Wildman–Crippen MR) is 75.2 cm³/mol. The van der Waals surface area contributed by atoms with Gasteiger partial charge in [-0.3, -0.25) is 9.48 Å². The van der Waals surface area contributed by atoms with E-state index in [0.717, 1.165) is 48.8 Å². The van der Waals surface area contributed by atoms with E-state index in [1.165, 1.54) is 0 Å². The highest BCUT2D eigenvalue weighted by atomic mass is 35.5. The molecule has 1 aliphatic heterocycles. The SMILES string of the molecule is CCc1nn(CC)c(CNC2CCCNC2=O)c1Cl. The van der Waals surface area contributed by atoms with Gasteiger partial charge in [0.05, 0.1) is 22.5 Å². The lowest BCUT2D eigenvalue weighted by atomic mass is 10.1. The lowest BCUT2D eigenvalue weighted by Crippen LogP contribution is -2.48. The second kappa shape index (κ2) is 6.39. The first-order chi connectivity index (χ1) is 9.17. The van der Waals surface area contributed by atoms with Crippen molar-refractivity contribution in [3.63, 3.8) is 0 Å². The summed E-state index contributed by atoms with van der Waals surface area (Å²) < 4.78 is 1.91. The summed E-state index contributed by atoms with van der Waals surface area (Å²) in [6.07, 6.45) is 2.72. The Kier molecular flexibility index (Phi) is 4.82. The van der Waals surface area contributed by atoms with Crippen molar-refractivity contribution in [2.24, 2.45) is 0 Å². The van der Waals surface area contributed by atoms with Gasteiger partial charge < -0.3 is 10.6 Å². The van der Waals surface area contributed by atoms with Crippen LogP contribution in [0, 0.1) is 0 Å². The van der Waals surface area contributed by atoms with E-state index in [4.69, 9.17) is 11.6 Å². The number of halogens is 1. The van der Waals surface area contributed by atoms with Gasteiger partial charge in [-0.2, -0.15) is 5.10 Å².